The molecular formula is C16H15N3O4S. The van der Waals surface area contributed by atoms with Crippen LogP contribution in [-0.2, 0) is 9.53 Å². The van der Waals surface area contributed by atoms with E-state index in [1.807, 2.05) is 19.1 Å². The summed E-state index contributed by atoms with van der Waals surface area (Å²) >= 11 is 1.57. The lowest BCUT2D eigenvalue weighted by Crippen LogP contribution is -2.30. The first-order valence-electron chi connectivity index (χ1n) is 7.18. The average Bonchev–Trinajstić information content (AvgIpc) is 3.17. The number of aromatic nitrogens is 2. The summed E-state index contributed by atoms with van der Waals surface area (Å²) in [7, 11) is 1.26. The standard InChI is InChI=1S/C16H15N3O4S/c1-8-4-5-12(24-8)11-6-10(15(21)17-7-13(20)22-3)14-9(2)19-23-16(14)18-11/h4-6H,7H2,1-3H3,(H,17,21). The predicted molar refractivity (Wildman–Crippen MR) is 88.9 cm³/mol. The van der Waals surface area contributed by atoms with Gasteiger partial charge < -0.3 is 14.6 Å². The number of pyridine rings is 1. The van der Waals surface area contributed by atoms with Crippen LogP contribution in [0.2, 0.25) is 0 Å². The maximum Gasteiger partial charge on any atom is 0.325 e. The van der Waals surface area contributed by atoms with Gasteiger partial charge in [0.05, 0.1) is 34.3 Å². The van der Waals surface area contributed by atoms with Gasteiger partial charge in [0.2, 0.25) is 0 Å². The lowest BCUT2D eigenvalue weighted by molar-refractivity contribution is -0.139. The van der Waals surface area contributed by atoms with Crippen LogP contribution in [0.5, 0.6) is 0 Å². The number of ether oxygens (including phenoxy) is 1. The number of methoxy groups -OCH3 is 1. The summed E-state index contributed by atoms with van der Waals surface area (Å²) in [5, 5.41) is 6.96. The van der Waals surface area contributed by atoms with Crippen molar-refractivity contribution < 1.29 is 18.8 Å². The summed E-state index contributed by atoms with van der Waals surface area (Å²) < 4.78 is 9.76. The molecule has 0 aliphatic heterocycles. The zero-order valence-corrected chi connectivity index (χ0v) is 14.2. The fourth-order valence-corrected chi connectivity index (χ4v) is 3.12. The Kier molecular flexibility index (Phi) is 4.30. The van der Waals surface area contributed by atoms with Gasteiger partial charge in [-0.2, -0.15) is 0 Å². The highest BCUT2D eigenvalue weighted by Gasteiger charge is 2.20. The van der Waals surface area contributed by atoms with Crippen LogP contribution in [0.15, 0.2) is 22.7 Å². The molecule has 3 aromatic rings. The lowest BCUT2D eigenvalue weighted by Gasteiger charge is -2.06. The van der Waals surface area contributed by atoms with Gasteiger partial charge in [-0.1, -0.05) is 5.16 Å². The maximum absolute atomic E-state index is 12.5. The second-order valence-corrected chi connectivity index (χ2v) is 6.46. The first kappa shape index (κ1) is 16.1. The van der Waals surface area contributed by atoms with E-state index >= 15 is 0 Å². The molecule has 7 nitrogen and oxygen atoms in total. The van der Waals surface area contributed by atoms with Crippen molar-refractivity contribution in [1.29, 1.82) is 0 Å². The van der Waals surface area contributed by atoms with Gasteiger partial charge >= 0.3 is 5.97 Å². The van der Waals surface area contributed by atoms with Gasteiger partial charge in [-0.3, -0.25) is 9.59 Å². The molecule has 1 N–H and O–H groups in total. The van der Waals surface area contributed by atoms with E-state index in [1.165, 1.54) is 7.11 Å². The molecule has 8 heteroatoms. The lowest BCUT2D eigenvalue weighted by atomic mass is 10.1. The number of fused-ring (bicyclic) bond motifs is 1. The molecule has 0 unspecified atom stereocenters. The molecule has 0 aliphatic rings. The van der Waals surface area contributed by atoms with E-state index in [0.29, 0.717) is 28.1 Å². The highest BCUT2D eigenvalue weighted by Crippen LogP contribution is 2.30. The van der Waals surface area contributed by atoms with Crippen molar-refractivity contribution in [2.24, 2.45) is 0 Å². The number of carbonyl (C=O) groups excluding carboxylic acids is 2. The molecule has 0 saturated carbocycles. The minimum atomic E-state index is -0.523. The van der Waals surface area contributed by atoms with Crippen molar-refractivity contribution in [3.05, 3.63) is 34.3 Å². The van der Waals surface area contributed by atoms with E-state index in [0.717, 1.165) is 9.75 Å². The Labute approximate surface area is 141 Å². The molecule has 24 heavy (non-hydrogen) atoms. The molecule has 0 spiro atoms. The van der Waals surface area contributed by atoms with E-state index in [9.17, 15) is 9.59 Å². The summed E-state index contributed by atoms with van der Waals surface area (Å²) in [6, 6.07) is 5.60. The van der Waals surface area contributed by atoms with Gasteiger partial charge in [-0.05, 0) is 32.0 Å². The second-order valence-electron chi connectivity index (χ2n) is 5.17. The Bertz CT molecular complexity index is 929. The minimum Gasteiger partial charge on any atom is -0.468 e. The third kappa shape index (κ3) is 3.00. The number of carbonyl (C=O) groups is 2. The highest BCUT2D eigenvalue weighted by molar-refractivity contribution is 7.15. The highest BCUT2D eigenvalue weighted by atomic mass is 32.1. The normalized spacial score (nSPS) is 10.8. The van der Waals surface area contributed by atoms with Gasteiger partial charge in [-0.25, -0.2) is 4.98 Å². The molecule has 0 atom stereocenters. The summed E-state index contributed by atoms with van der Waals surface area (Å²) in [5.41, 5.74) is 1.84. The van der Waals surface area contributed by atoms with Crippen molar-refractivity contribution in [2.45, 2.75) is 13.8 Å². The summed E-state index contributed by atoms with van der Waals surface area (Å²) in [6.45, 7) is 3.52. The van der Waals surface area contributed by atoms with Gasteiger partial charge in [0, 0.05) is 4.88 Å². The number of hydrogen-bond donors (Lipinski definition) is 1. The number of nitrogens with one attached hydrogen (secondary N) is 1. The Morgan fingerprint density at radius 1 is 1.33 bits per heavy atom. The van der Waals surface area contributed by atoms with E-state index < -0.39 is 11.9 Å². The Hall–Kier alpha value is -2.74. The zero-order valence-electron chi connectivity index (χ0n) is 13.4. The van der Waals surface area contributed by atoms with Gasteiger partial charge in [0.1, 0.15) is 6.54 Å². The fraction of sp³-hybridized carbons (Fsp3) is 0.250. The molecule has 0 aliphatic carbocycles. The maximum atomic E-state index is 12.5. The van der Waals surface area contributed by atoms with E-state index in [2.05, 4.69) is 20.2 Å². The SMILES string of the molecule is COC(=O)CNC(=O)c1cc(-c2ccc(C)s2)nc2onc(C)c12. The van der Waals surface area contributed by atoms with Crippen LogP contribution in [0.1, 0.15) is 20.9 Å². The van der Waals surface area contributed by atoms with Crippen molar-refractivity contribution in [3.63, 3.8) is 0 Å². The van der Waals surface area contributed by atoms with Crippen LogP contribution < -0.4 is 5.32 Å². The number of aryl methyl sites for hydroxylation is 2. The molecule has 0 aromatic carbocycles. The summed E-state index contributed by atoms with van der Waals surface area (Å²) in [4.78, 5) is 30.2. The molecular weight excluding hydrogens is 330 g/mol. The van der Waals surface area contributed by atoms with Crippen LogP contribution >= 0.6 is 11.3 Å². The van der Waals surface area contributed by atoms with Crippen molar-refractivity contribution in [2.75, 3.05) is 13.7 Å². The predicted octanol–water partition coefficient (Wildman–Crippen LogP) is 2.47. The third-order valence-electron chi connectivity index (χ3n) is 3.48. The van der Waals surface area contributed by atoms with Crippen LogP contribution in [0.4, 0.5) is 0 Å². The number of amides is 1. The molecule has 0 saturated heterocycles. The van der Waals surface area contributed by atoms with E-state index in [-0.39, 0.29) is 6.54 Å². The fourth-order valence-electron chi connectivity index (χ4n) is 2.29. The first-order valence-corrected chi connectivity index (χ1v) is 8.00. The number of rotatable bonds is 4. The Morgan fingerprint density at radius 2 is 2.12 bits per heavy atom. The van der Waals surface area contributed by atoms with Crippen LogP contribution in [0.3, 0.4) is 0 Å². The Balaban J connectivity index is 2.05. The number of thiophene rings is 1. The summed E-state index contributed by atoms with van der Waals surface area (Å²) in [6.07, 6.45) is 0. The molecule has 3 heterocycles. The summed E-state index contributed by atoms with van der Waals surface area (Å²) in [5.74, 6) is -0.932. The van der Waals surface area contributed by atoms with Crippen LogP contribution in [0, 0.1) is 13.8 Å². The minimum absolute atomic E-state index is 0.211. The molecule has 3 rings (SSSR count). The monoisotopic (exact) mass is 345 g/mol. The van der Waals surface area contributed by atoms with Crippen LogP contribution in [0.25, 0.3) is 21.7 Å². The zero-order chi connectivity index (χ0) is 17.3. The van der Waals surface area contributed by atoms with Gasteiger partial charge in [0.25, 0.3) is 11.6 Å². The largest absolute Gasteiger partial charge is 0.468 e. The molecule has 0 bridgehead atoms. The first-order chi connectivity index (χ1) is 11.5. The van der Waals surface area contributed by atoms with E-state index in [1.54, 1.807) is 24.3 Å². The molecule has 0 radical (unpaired) electrons. The molecule has 0 fully saturated rings. The number of esters is 1. The smallest absolute Gasteiger partial charge is 0.325 e. The molecule has 3 aromatic heterocycles. The average molecular weight is 345 g/mol. The van der Waals surface area contributed by atoms with Crippen molar-refractivity contribution in [1.82, 2.24) is 15.5 Å². The quantitative estimate of drug-likeness (QED) is 0.730. The van der Waals surface area contributed by atoms with Crippen molar-refractivity contribution >= 4 is 34.3 Å². The van der Waals surface area contributed by atoms with Crippen LogP contribution in [-0.4, -0.2) is 35.7 Å². The second kappa shape index (κ2) is 6.40. The van der Waals surface area contributed by atoms with Gasteiger partial charge in [-0.15, -0.1) is 11.3 Å². The molecule has 124 valence electrons. The number of nitrogens with zero attached hydrogens (tertiary/aromatic N) is 2. The Morgan fingerprint density at radius 3 is 2.79 bits per heavy atom. The number of hydrogen-bond acceptors (Lipinski definition) is 7. The van der Waals surface area contributed by atoms with E-state index in [4.69, 9.17) is 4.52 Å². The molecule has 1 amide bonds. The van der Waals surface area contributed by atoms with Crippen molar-refractivity contribution in [3.8, 4) is 10.6 Å². The van der Waals surface area contributed by atoms with Gasteiger partial charge in [0.15, 0.2) is 0 Å². The topological polar surface area (TPSA) is 94.3 Å². The third-order valence-corrected chi connectivity index (χ3v) is 4.50.